The van der Waals surface area contributed by atoms with E-state index in [1.165, 1.54) is 33.0 Å². The molecule has 0 bridgehead atoms. The van der Waals surface area contributed by atoms with Gasteiger partial charge in [-0.25, -0.2) is 9.59 Å². The number of fused-ring (bicyclic) bond motifs is 1. The number of hydrogen-bond acceptors (Lipinski definition) is 8. The zero-order chi connectivity index (χ0) is 28.8. The van der Waals surface area contributed by atoms with E-state index in [-0.39, 0.29) is 6.42 Å². The Labute approximate surface area is 233 Å². The third kappa shape index (κ3) is 6.12. The lowest BCUT2D eigenvalue weighted by Crippen LogP contribution is -2.30. The van der Waals surface area contributed by atoms with Crippen molar-refractivity contribution in [2.75, 3.05) is 28.4 Å². The Hall–Kier alpha value is -4.72. The molecule has 8 heteroatoms. The smallest absolute Gasteiger partial charge is 0.347 e. The molecule has 208 valence electrons. The maximum absolute atomic E-state index is 12.8. The molecule has 0 aliphatic carbocycles. The fourth-order valence-electron chi connectivity index (χ4n) is 4.33. The number of hydrogen-bond donors (Lipinski definition) is 0. The third-order valence-electron chi connectivity index (χ3n) is 6.68. The van der Waals surface area contributed by atoms with Gasteiger partial charge in [0.05, 0.1) is 28.4 Å². The highest BCUT2D eigenvalue weighted by atomic mass is 16.6. The zero-order valence-electron chi connectivity index (χ0n) is 23.4. The van der Waals surface area contributed by atoms with Gasteiger partial charge in [0.25, 0.3) is 0 Å². The Morgan fingerprint density at radius 2 is 1.55 bits per heavy atom. The Morgan fingerprint density at radius 1 is 0.825 bits per heavy atom. The number of benzene rings is 3. The molecule has 1 heterocycles. The summed E-state index contributed by atoms with van der Waals surface area (Å²) >= 11 is 0. The van der Waals surface area contributed by atoms with Crippen molar-refractivity contribution in [2.24, 2.45) is 0 Å². The number of esters is 2. The van der Waals surface area contributed by atoms with Gasteiger partial charge in [-0.1, -0.05) is 24.3 Å². The zero-order valence-corrected chi connectivity index (χ0v) is 23.4. The molecule has 0 radical (unpaired) electrons. The maximum atomic E-state index is 12.8. The SMILES string of the molecule is COC(=O)[C@@H](Cc1ccc(OC)c(OC)c1)OC(=O)/C=C/c1ccc(OC)c2oc(-c3ccc(C)c(C)c3)cc12. The van der Waals surface area contributed by atoms with Crippen molar-refractivity contribution in [2.45, 2.75) is 26.4 Å². The van der Waals surface area contributed by atoms with Crippen molar-refractivity contribution < 1.29 is 37.7 Å². The van der Waals surface area contributed by atoms with E-state index < -0.39 is 18.0 Å². The van der Waals surface area contributed by atoms with Crippen molar-refractivity contribution in [1.29, 1.82) is 0 Å². The second-order valence-electron chi connectivity index (χ2n) is 9.19. The van der Waals surface area contributed by atoms with Crippen molar-refractivity contribution in [3.8, 4) is 28.6 Å². The second-order valence-corrected chi connectivity index (χ2v) is 9.19. The summed E-state index contributed by atoms with van der Waals surface area (Å²) in [6.45, 7) is 4.11. The molecular weight excluding hydrogens is 512 g/mol. The molecule has 8 nitrogen and oxygen atoms in total. The summed E-state index contributed by atoms with van der Waals surface area (Å²) in [6.07, 6.45) is 1.84. The first-order chi connectivity index (χ1) is 19.3. The largest absolute Gasteiger partial charge is 0.493 e. The van der Waals surface area contributed by atoms with E-state index in [0.29, 0.717) is 34.2 Å². The van der Waals surface area contributed by atoms with E-state index in [4.69, 9.17) is 28.1 Å². The number of carbonyl (C=O) groups is 2. The molecule has 0 amide bonds. The number of rotatable bonds is 10. The molecule has 0 aliphatic rings. The van der Waals surface area contributed by atoms with Gasteiger partial charge in [0, 0.05) is 23.4 Å². The summed E-state index contributed by atoms with van der Waals surface area (Å²) in [5.41, 5.74) is 5.27. The minimum atomic E-state index is -1.15. The van der Waals surface area contributed by atoms with Gasteiger partial charge in [-0.3, -0.25) is 0 Å². The normalized spacial score (nSPS) is 11.8. The van der Waals surface area contributed by atoms with E-state index in [0.717, 1.165) is 22.1 Å². The molecule has 1 aromatic heterocycles. The van der Waals surface area contributed by atoms with Gasteiger partial charge in [-0.05, 0) is 72.5 Å². The quantitative estimate of drug-likeness (QED) is 0.175. The summed E-state index contributed by atoms with van der Waals surface area (Å²) in [5.74, 6) is 0.935. The highest BCUT2D eigenvalue weighted by Crippen LogP contribution is 2.36. The molecule has 0 fully saturated rings. The summed E-state index contributed by atoms with van der Waals surface area (Å²) < 4.78 is 32.6. The van der Waals surface area contributed by atoms with E-state index in [9.17, 15) is 9.59 Å². The number of ether oxygens (including phenoxy) is 5. The average Bonchev–Trinajstić information content (AvgIpc) is 3.42. The predicted molar refractivity (Wildman–Crippen MR) is 152 cm³/mol. The molecule has 0 saturated carbocycles. The minimum Gasteiger partial charge on any atom is -0.493 e. The molecule has 4 aromatic rings. The highest BCUT2D eigenvalue weighted by Gasteiger charge is 2.24. The van der Waals surface area contributed by atoms with Gasteiger partial charge >= 0.3 is 11.9 Å². The molecular formula is C32H32O8. The maximum Gasteiger partial charge on any atom is 0.347 e. The minimum absolute atomic E-state index is 0.0977. The van der Waals surface area contributed by atoms with E-state index in [2.05, 4.69) is 19.9 Å². The van der Waals surface area contributed by atoms with Crippen LogP contribution in [0.5, 0.6) is 17.2 Å². The molecule has 0 spiro atoms. The van der Waals surface area contributed by atoms with Gasteiger partial charge in [-0.2, -0.15) is 0 Å². The van der Waals surface area contributed by atoms with Gasteiger partial charge in [0.15, 0.2) is 22.8 Å². The molecule has 0 saturated heterocycles. The Balaban J connectivity index is 1.58. The lowest BCUT2D eigenvalue weighted by Gasteiger charge is -2.16. The van der Waals surface area contributed by atoms with Crippen molar-refractivity contribution in [3.05, 3.63) is 82.9 Å². The van der Waals surface area contributed by atoms with Gasteiger partial charge in [-0.15, -0.1) is 0 Å². The second kappa shape index (κ2) is 12.4. The number of methoxy groups -OCH3 is 4. The first-order valence-corrected chi connectivity index (χ1v) is 12.6. The molecule has 3 aromatic carbocycles. The monoisotopic (exact) mass is 544 g/mol. The first kappa shape index (κ1) is 28.3. The molecule has 4 rings (SSSR count). The lowest BCUT2D eigenvalue weighted by molar-refractivity contribution is -0.162. The van der Waals surface area contributed by atoms with Crippen LogP contribution in [0.1, 0.15) is 22.3 Å². The van der Waals surface area contributed by atoms with Crippen LogP contribution in [-0.2, 0) is 25.5 Å². The number of furan rings is 1. The molecule has 0 unspecified atom stereocenters. The van der Waals surface area contributed by atoms with Crippen LogP contribution in [0.15, 0.2) is 65.1 Å². The number of aryl methyl sites for hydroxylation is 2. The topological polar surface area (TPSA) is 93.4 Å². The molecule has 40 heavy (non-hydrogen) atoms. The predicted octanol–water partition coefficient (Wildman–Crippen LogP) is 6.08. The van der Waals surface area contributed by atoms with E-state index in [1.54, 1.807) is 37.5 Å². The van der Waals surface area contributed by atoms with Gasteiger partial charge in [0.2, 0.25) is 6.10 Å². The van der Waals surface area contributed by atoms with Gasteiger partial charge in [0.1, 0.15) is 5.76 Å². The fraction of sp³-hybridized carbons (Fsp3) is 0.250. The molecule has 0 aliphatic heterocycles. The Bertz CT molecular complexity index is 1560. The average molecular weight is 545 g/mol. The van der Waals surface area contributed by atoms with Crippen LogP contribution in [0.4, 0.5) is 0 Å². The molecule has 0 N–H and O–H groups in total. The Morgan fingerprint density at radius 3 is 2.23 bits per heavy atom. The van der Waals surface area contributed by atoms with Crippen LogP contribution in [0.2, 0.25) is 0 Å². The van der Waals surface area contributed by atoms with Crippen LogP contribution in [0.3, 0.4) is 0 Å². The van der Waals surface area contributed by atoms with Crippen molar-refractivity contribution in [1.82, 2.24) is 0 Å². The standard InChI is InChI=1S/C32H32O8/c1-19-7-9-23(15-20(19)2)27-18-24-22(10-13-26(36-4)31(24)40-27)11-14-30(33)39-29(32(34)38-6)17-21-8-12-25(35-3)28(16-21)37-5/h7-16,18,29H,17H2,1-6H3/b14-11+/t29-/m1/s1. The summed E-state index contributed by atoms with van der Waals surface area (Å²) in [6, 6.07) is 16.8. The van der Waals surface area contributed by atoms with Crippen LogP contribution in [0.25, 0.3) is 28.4 Å². The van der Waals surface area contributed by atoms with E-state index >= 15 is 0 Å². The number of carbonyl (C=O) groups excluding carboxylic acids is 2. The van der Waals surface area contributed by atoms with Gasteiger partial charge < -0.3 is 28.1 Å². The molecule has 1 atom stereocenters. The first-order valence-electron chi connectivity index (χ1n) is 12.6. The van der Waals surface area contributed by atoms with Crippen LogP contribution in [-0.4, -0.2) is 46.5 Å². The lowest BCUT2D eigenvalue weighted by atomic mass is 10.0. The van der Waals surface area contributed by atoms with Crippen molar-refractivity contribution in [3.63, 3.8) is 0 Å². The van der Waals surface area contributed by atoms with E-state index in [1.807, 2.05) is 24.3 Å². The summed E-state index contributed by atoms with van der Waals surface area (Å²) in [7, 11) is 5.87. The van der Waals surface area contributed by atoms with Crippen LogP contribution < -0.4 is 14.2 Å². The highest BCUT2D eigenvalue weighted by molar-refractivity contribution is 5.97. The Kier molecular flexibility index (Phi) is 8.79. The third-order valence-corrected chi connectivity index (χ3v) is 6.68. The van der Waals surface area contributed by atoms with Crippen LogP contribution >= 0.6 is 0 Å². The van der Waals surface area contributed by atoms with Crippen molar-refractivity contribution >= 4 is 29.0 Å². The fourth-order valence-corrected chi connectivity index (χ4v) is 4.33. The summed E-state index contributed by atoms with van der Waals surface area (Å²) in [5, 5.41) is 0.770. The summed E-state index contributed by atoms with van der Waals surface area (Å²) in [4.78, 5) is 25.2. The van der Waals surface area contributed by atoms with Crippen LogP contribution in [0, 0.1) is 13.8 Å².